The summed E-state index contributed by atoms with van der Waals surface area (Å²) in [6.45, 7) is 2.63. The predicted molar refractivity (Wildman–Crippen MR) is 73.7 cm³/mol. The molecule has 0 aliphatic carbocycles. The molecule has 0 aromatic carbocycles. The van der Waals surface area contributed by atoms with Crippen molar-refractivity contribution in [3.05, 3.63) is 22.6 Å². The van der Waals surface area contributed by atoms with Crippen LogP contribution in [0, 0.1) is 5.41 Å². The van der Waals surface area contributed by atoms with E-state index >= 15 is 0 Å². The molecule has 1 aromatic rings. The van der Waals surface area contributed by atoms with Gasteiger partial charge in [0.15, 0.2) is 4.67 Å². The maximum Gasteiger partial charge on any atom is 0.228 e. The predicted octanol–water partition coefficient (Wildman–Crippen LogP) is 2.66. The number of nitrogens with one attached hydrogen (secondary N) is 1. The highest BCUT2D eigenvalue weighted by Gasteiger charge is 2.53. The van der Waals surface area contributed by atoms with Gasteiger partial charge in [-0.3, -0.25) is 4.79 Å². The van der Waals surface area contributed by atoms with Gasteiger partial charge in [0.2, 0.25) is 5.91 Å². The fraction of sp³-hybridized carbons (Fsp3) is 0.643. The Kier molecular flexibility index (Phi) is 3.43. The van der Waals surface area contributed by atoms with E-state index in [0.29, 0.717) is 19.1 Å². The van der Waals surface area contributed by atoms with E-state index in [9.17, 15) is 4.79 Å². The zero-order valence-corrected chi connectivity index (χ0v) is 12.5. The second-order valence-electron chi connectivity index (χ2n) is 5.66. The molecule has 0 spiro atoms. The first-order chi connectivity index (χ1) is 9.08. The van der Waals surface area contributed by atoms with Crippen LogP contribution in [-0.4, -0.2) is 24.7 Å². The first-order valence-electron chi connectivity index (χ1n) is 6.76. The molecule has 0 saturated carbocycles. The van der Waals surface area contributed by atoms with Crippen LogP contribution in [0.2, 0.25) is 0 Å². The van der Waals surface area contributed by atoms with Crippen molar-refractivity contribution in [1.29, 1.82) is 0 Å². The lowest BCUT2D eigenvalue weighted by Gasteiger charge is -2.29. The maximum atomic E-state index is 12.3. The molecule has 2 bridgehead atoms. The van der Waals surface area contributed by atoms with Crippen LogP contribution in [-0.2, 0) is 16.0 Å². The van der Waals surface area contributed by atoms with Gasteiger partial charge in [-0.25, -0.2) is 0 Å². The van der Waals surface area contributed by atoms with Crippen molar-refractivity contribution in [2.75, 3.05) is 6.54 Å². The Labute approximate surface area is 121 Å². The summed E-state index contributed by atoms with van der Waals surface area (Å²) >= 11 is 3.27. The summed E-state index contributed by atoms with van der Waals surface area (Å²) in [6, 6.07) is 3.78. The molecule has 2 saturated heterocycles. The molecule has 2 aliphatic rings. The van der Waals surface area contributed by atoms with Crippen molar-refractivity contribution in [3.8, 4) is 0 Å². The third kappa shape index (κ3) is 2.46. The van der Waals surface area contributed by atoms with Crippen molar-refractivity contribution in [3.63, 3.8) is 0 Å². The summed E-state index contributed by atoms with van der Waals surface area (Å²) in [4.78, 5) is 12.3. The summed E-state index contributed by atoms with van der Waals surface area (Å²) in [7, 11) is 0. The van der Waals surface area contributed by atoms with Gasteiger partial charge in [0.1, 0.15) is 5.76 Å². The van der Waals surface area contributed by atoms with Gasteiger partial charge >= 0.3 is 0 Å². The quantitative estimate of drug-likeness (QED) is 0.924. The highest BCUT2D eigenvalue weighted by molar-refractivity contribution is 9.10. The number of hydrogen-bond acceptors (Lipinski definition) is 3. The molecule has 4 nitrogen and oxygen atoms in total. The van der Waals surface area contributed by atoms with Crippen LogP contribution in [0.4, 0.5) is 0 Å². The SMILES string of the molecule is C[C@@]1(C(=O)NCCc2ccc(Br)o2)C[C@H]2CC[C@H]1O2. The van der Waals surface area contributed by atoms with Gasteiger partial charge < -0.3 is 14.5 Å². The number of furan rings is 1. The van der Waals surface area contributed by atoms with Crippen LogP contribution >= 0.6 is 15.9 Å². The number of carbonyl (C=O) groups excluding carboxylic acids is 1. The van der Waals surface area contributed by atoms with Crippen LogP contribution in [0.3, 0.4) is 0 Å². The third-order valence-electron chi connectivity index (χ3n) is 4.27. The molecular formula is C14H18BrNO3. The average Bonchev–Trinajstić information content (AvgIpc) is 3.05. The van der Waals surface area contributed by atoms with Crippen molar-refractivity contribution >= 4 is 21.8 Å². The molecule has 0 radical (unpaired) electrons. The van der Waals surface area contributed by atoms with E-state index < -0.39 is 0 Å². The topological polar surface area (TPSA) is 51.5 Å². The van der Waals surface area contributed by atoms with Gasteiger partial charge in [0.25, 0.3) is 0 Å². The molecule has 5 heteroatoms. The summed E-state index contributed by atoms with van der Waals surface area (Å²) in [5.41, 5.74) is -0.341. The van der Waals surface area contributed by atoms with Gasteiger partial charge in [-0.2, -0.15) is 0 Å². The van der Waals surface area contributed by atoms with E-state index in [0.717, 1.165) is 29.7 Å². The minimum absolute atomic E-state index is 0.107. The molecule has 1 N–H and O–H groups in total. The number of rotatable bonds is 4. The van der Waals surface area contributed by atoms with E-state index in [-0.39, 0.29) is 17.4 Å². The second-order valence-corrected chi connectivity index (χ2v) is 6.44. The number of halogens is 1. The zero-order chi connectivity index (χ0) is 13.5. The molecule has 1 aromatic heterocycles. The fourth-order valence-corrected chi connectivity index (χ4v) is 3.50. The van der Waals surface area contributed by atoms with Crippen LogP contribution in [0.25, 0.3) is 0 Å². The van der Waals surface area contributed by atoms with Crippen molar-refractivity contribution in [1.82, 2.24) is 5.32 Å². The standard InChI is InChI=1S/C14H18BrNO3/c1-14(8-10-2-4-11(14)18-10)13(17)16-7-6-9-3-5-12(15)19-9/h3,5,10-11H,2,4,6-8H2,1H3,(H,16,17)/t10-,11-,14-/m1/s1. The first-order valence-corrected chi connectivity index (χ1v) is 7.55. The summed E-state index contributed by atoms with van der Waals surface area (Å²) in [6.07, 6.45) is 4.09. The van der Waals surface area contributed by atoms with Gasteiger partial charge in [-0.15, -0.1) is 0 Å². The fourth-order valence-electron chi connectivity index (χ4n) is 3.16. The monoisotopic (exact) mass is 327 g/mol. The van der Waals surface area contributed by atoms with E-state index in [1.54, 1.807) is 0 Å². The van der Waals surface area contributed by atoms with Crippen molar-refractivity contribution in [2.24, 2.45) is 5.41 Å². The molecular weight excluding hydrogens is 310 g/mol. The van der Waals surface area contributed by atoms with Crippen molar-refractivity contribution < 1.29 is 13.9 Å². The number of ether oxygens (including phenoxy) is 1. The minimum atomic E-state index is -0.341. The molecule has 2 fully saturated rings. The molecule has 3 heterocycles. The molecule has 3 rings (SSSR count). The summed E-state index contributed by atoms with van der Waals surface area (Å²) in [5.74, 6) is 0.992. The van der Waals surface area contributed by atoms with Crippen LogP contribution < -0.4 is 5.32 Å². The highest BCUT2D eigenvalue weighted by atomic mass is 79.9. The first kappa shape index (κ1) is 13.2. The lowest BCUT2D eigenvalue weighted by molar-refractivity contribution is -0.132. The lowest BCUT2D eigenvalue weighted by atomic mass is 9.75. The Bertz CT molecular complexity index is 487. The number of carbonyl (C=O) groups is 1. The second kappa shape index (κ2) is 4.94. The number of hydrogen-bond donors (Lipinski definition) is 1. The molecule has 1 amide bonds. The third-order valence-corrected chi connectivity index (χ3v) is 4.70. The van der Waals surface area contributed by atoms with Gasteiger partial charge in [-0.1, -0.05) is 0 Å². The number of amides is 1. The molecule has 19 heavy (non-hydrogen) atoms. The van der Waals surface area contributed by atoms with Crippen molar-refractivity contribution in [2.45, 2.75) is 44.8 Å². The zero-order valence-electron chi connectivity index (χ0n) is 10.9. The molecule has 0 unspecified atom stereocenters. The Hall–Kier alpha value is -0.810. The van der Waals surface area contributed by atoms with Crippen LogP contribution in [0.1, 0.15) is 31.9 Å². The largest absolute Gasteiger partial charge is 0.454 e. The molecule has 104 valence electrons. The normalized spacial score (nSPS) is 32.7. The van der Waals surface area contributed by atoms with Gasteiger partial charge in [-0.05, 0) is 54.2 Å². The lowest BCUT2D eigenvalue weighted by Crippen LogP contribution is -2.45. The van der Waals surface area contributed by atoms with E-state index in [2.05, 4.69) is 21.2 Å². The number of fused-ring (bicyclic) bond motifs is 2. The highest BCUT2D eigenvalue weighted by Crippen LogP contribution is 2.47. The van der Waals surface area contributed by atoms with E-state index in [1.165, 1.54) is 0 Å². The van der Waals surface area contributed by atoms with Gasteiger partial charge in [0.05, 0.1) is 17.6 Å². The summed E-state index contributed by atoms with van der Waals surface area (Å²) in [5, 5.41) is 3.01. The Morgan fingerprint density at radius 3 is 2.95 bits per heavy atom. The smallest absolute Gasteiger partial charge is 0.228 e. The van der Waals surface area contributed by atoms with Gasteiger partial charge in [0, 0.05) is 13.0 Å². The molecule has 3 atom stereocenters. The Morgan fingerprint density at radius 1 is 1.53 bits per heavy atom. The van der Waals surface area contributed by atoms with E-state index in [1.807, 2.05) is 19.1 Å². The average molecular weight is 328 g/mol. The Balaban J connectivity index is 1.51. The van der Waals surface area contributed by atoms with E-state index in [4.69, 9.17) is 9.15 Å². The maximum absolute atomic E-state index is 12.3. The van der Waals surface area contributed by atoms with Crippen LogP contribution in [0.15, 0.2) is 21.2 Å². The Morgan fingerprint density at radius 2 is 2.37 bits per heavy atom. The minimum Gasteiger partial charge on any atom is -0.454 e. The molecule has 2 aliphatic heterocycles. The summed E-state index contributed by atoms with van der Waals surface area (Å²) < 4.78 is 11.9. The van der Waals surface area contributed by atoms with Crippen LogP contribution in [0.5, 0.6) is 0 Å².